The molecule has 5 nitrogen and oxygen atoms in total. The molecule has 2 rings (SSSR count). The van der Waals surface area contributed by atoms with Crippen molar-refractivity contribution >= 4 is 17.2 Å². The average molecular weight is 312 g/mol. The molecule has 0 saturated carbocycles. The third-order valence-corrected chi connectivity index (χ3v) is 4.58. The predicted octanol–water partition coefficient (Wildman–Crippen LogP) is 1.21. The molecular weight excluding hydrogens is 288 g/mol. The number of thiophene rings is 1. The minimum Gasteiger partial charge on any atom is -0.389 e. The molecule has 0 aromatic carbocycles. The molecule has 1 saturated heterocycles. The van der Waals surface area contributed by atoms with E-state index in [0.717, 1.165) is 35.9 Å². The lowest BCUT2D eigenvalue weighted by Gasteiger charge is -2.35. The monoisotopic (exact) mass is 312 g/mol. The number of piperazine rings is 1. The number of β-amino-alcohol motifs (C(OH)–C–C–N with tert-alkyl or cyclic N) is 1. The SMILES string of the molecule is CCOC[C@@H](O)CN1CCN(C(=O)c2ccc(C)s2)CC1. The summed E-state index contributed by atoms with van der Waals surface area (Å²) >= 11 is 1.55. The lowest BCUT2D eigenvalue weighted by atomic mass is 10.2. The van der Waals surface area contributed by atoms with E-state index in [1.807, 2.05) is 30.9 Å². The number of aliphatic hydroxyl groups is 1. The fourth-order valence-electron chi connectivity index (χ4n) is 2.44. The van der Waals surface area contributed by atoms with Crippen molar-refractivity contribution in [3.8, 4) is 0 Å². The van der Waals surface area contributed by atoms with Gasteiger partial charge < -0.3 is 14.7 Å². The number of rotatable bonds is 6. The fourth-order valence-corrected chi connectivity index (χ4v) is 3.28. The van der Waals surface area contributed by atoms with E-state index in [4.69, 9.17) is 4.74 Å². The zero-order chi connectivity index (χ0) is 15.2. The van der Waals surface area contributed by atoms with E-state index in [1.54, 1.807) is 11.3 Å². The van der Waals surface area contributed by atoms with Crippen LogP contribution in [0, 0.1) is 6.92 Å². The van der Waals surface area contributed by atoms with Gasteiger partial charge in [0.25, 0.3) is 5.91 Å². The van der Waals surface area contributed by atoms with Gasteiger partial charge in [-0.2, -0.15) is 0 Å². The van der Waals surface area contributed by atoms with E-state index < -0.39 is 6.10 Å². The van der Waals surface area contributed by atoms with Gasteiger partial charge in [-0.15, -0.1) is 11.3 Å². The number of carbonyl (C=O) groups is 1. The molecule has 1 aliphatic heterocycles. The molecule has 1 N–H and O–H groups in total. The van der Waals surface area contributed by atoms with E-state index in [2.05, 4.69) is 4.90 Å². The first-order valence-corrected chi connectivity index (χ1v) is 8.25. The van der Waals surface area contributed by atoms with Gasteiger partial charge in [-0.05, 0) is 26.0 Å². The van der Waals surface area contributed by atoms with Crippen molar-refractivity contribution in [2.45, 2.75) is 20.0 Å². The lowest BCUT2D eigenvalue weighted by Crippen LogP contribution is -2.50. The topological polar surface area (TPSA) is 53.0 Å². The normalized spacial score (nSPS) is 18.0. The van der Waals surface area contributed by atoms with E-state index in [1.165, 1.54) is 0 Å². The number of carbonyl (C=O) groups excluding carboxylic acids is 1. The number of nitrogens with zero attached hydrogens (tertiary/aromatic N) is 2. The summed E-state index contributed by atoms with van der Waals surface area (Å²) in [5.74, 6) is 0.127. The Kier molecular flexibility index (Phi) is 6.17. The maximum absolute atomic E-state index is 12.3. The average Bonchev–Trinajstić information content (AvgIpc) is 2.92. The molecule has 0 spiro atoms. The third-order valence-electron chi connectivity index (χ3n) is 3.59. The van der Waals surface area contributed by atoms with Crippen LogP contribution in [0.1, 0.15) is 21.5 Å². The van der Waals surface area contributed by atoms with Crippen LogP contribution in [0.3, 0.4) is 0 Å². The Hall–Kier alpha value is -0.950. The Bertz CT molecular complexity index is 456. The molecule has 1 amide bonds. The van der Waals surface area contributed by atoms with Gasteiger partial charge in [0.1, 0.15) is 0 Å². The summed E-state index contributed by atoms with van der Waals surface area (Å²) in [5.41, 5.74) is 0. The molecule has 1 aromatic rings. The van der Waals surface area contributed by atoms with Crippen LogP contribution in [0.5, 0.6) is 0 Å². The van der Waals surface area contributed by atoms with Crippen LogP contribution in [0.25, 0.3) is 0 Å². The van der Waals surface area contributed by atoms with E-state index in [9.17, 15) is 9.90 Å². The van der Waals surface area contributed by atoms with Crippen LogP contribution < -0.4 is 0 Å². The summed E-state index contributed by atoms with van der Waals surface area (Å²) in [5, 5.41) is 9.84. The minimum absolute atomic E-state index is 0.127. The summed E-state index contributed by atoms with van der Waals surface area (Å²) < 4.78 is 5.22. The Balaban J connectivity index is 1.76. The highest BCUT2D eigenvalue weighted by molar-refractivity contribution is 7.13. The number of hydrogen-bond acceptors (Lipinski definition) is 5. The predicted molar refractivity (Wildman–Crippen MR) is 83.9 cm³/mol. The summed E-state index contributed by atoms with van der Waals surface area (Å²) in [6.45, 7) is 8.60. The van der Waals surface area contributed by atoms with Crippen LogP contribution in [-0.4, -0.2) is 72.9 Å². The number of hydrogen-bond donors (Lipinski definition) is 1. The summed E-state index contributed by atoms with van der Waals surface area (Å²) in [6.07, 6.45) is -0.452. The molecule has 118 valence electrons. The van der Waals surface area contributed by atoms with Crippen molar-refractivity contribution in [1.82, 2.24) is 9.80 Å². The maximum atomic E-state index is 12.3. The minimum atomic E-state index is -0.452. The Morgan fingerprint density at radius 2 is 2.10 bits per heavy atom. The van der Waals surface area contributed by atoms with Gasteiger partial charge in [0.2, 0.25) is 0 Å². The van der Waals surface area contributed by atoms with E-state index >= 15 is 0 Å². The van der Waals surface area contributed by atoms with Crippen molar-refractivity contribution < 1.29 is 14.6 Å². The zero-order valence-electron chi connectivity index (χ0n) is 12.7. The molecule has 1 aliphatic rings. The number of aryl methyl sites for hydroxylation is 1. The second-order valence-corrected chi connectivity index (χ2v) is 6.60. The van der Waals surface area contributed by atoms with Gasteiger partial charge in [0.05, 0.1) is 17.6 Å². The van der Waals surface area contributed by atoms with Crippen LogP contribution in [0.2, 0.25) is 0 Å². The summed E-state index contributed by atoms with van der Waals surface area (Å²) in [4.78, 5) is 18.4. The second-order valence-electron chi connectivity index (χ2n) is 5.32. The first-order valence-electron chi connectivity index (χ1n) is 7.44. The van der Waals surface area contributed by atoms with Crippen molar-refractivity contribution in [2.24, 2.45) is 0 Å². The smallest absolute Gasteiger partial charge is 0.264 e. The molecule has 0 radical (unpaired) electrons. The molecule has 6 heteroatoms. The van der Waals surface area contributed by atoms with E-state index in [-0.39, 0.29) is 5.91 Å². The highest BCUT2D eigenvalue weighted by Gasteiger charge is 2.24. The van der Waals surface area contributed by atoms with Crippen LogP contribution >= 0.6 is 11.3 Å². The second kappa shape index (κ2) is 7.89. The molecule has 1 atom stereocenters. The maximum Gasteiger partial charge on any atom is 0.264 e. The molecule has 21 heavy (non-hydrogen) atoms. The summed E-state index contributed by atoms with van der Waals surface area (Å²) in [6, 6.07) is 3.89. The fraction of sp³-hybridized carbons (Fsp3) is 0.667. The van der Waals surface area contributed by atoms with Gasteiger partial charge in [0, 0.05) is 44.2 Å². The number of amides is 1. The van der Waals surface area contributed by atoms with E-state index in [0.29, 0.717) is 19.8 Å². The Morgan fingerprint density at radius 3 is 2.67 bits per heavy atom. The van der Waals surface area contributed by atoms with Gasteiger partial charge in [-0.25, -0.2) is 0 Å². The highest BCUT2D eigenvalue weighted by atomic mass is 32.1. The quantitative estimate of drug-likeness (QED) is 0.858. The van der Waals surface area contributed by atoms with Gasteiger partial charge in [-0.1, -0.05) is 0 Å². The van der Waals surface area contributed by atoms with Crippen molar-refractivity contribution in [1.29, 1.82) is 0 Å². The molecule has 0 aliphatic carbocycles. The van der Waals surface area contributed by atoms with Crippen LogP contribution in [0.4, 0.5) is 0 Å². The number of ether oxygens (including phenoxy) is 1. The van der Waals surface area contributed by atoms with Crippen molar-refractivity contribution in [3.05, 3.63) is 21.9 Å². The zero-order valence-corrected chi connectivity index (χ0v) is 13.6. The summed E-state index contributed by atoms with van der Waals surface area (Å²) in [7, 11) is 0. The first-order chi connectivity index (χ1) is 10.1. The van der Waals surface area contributed by atoms with Crippen molar-refractivity contribution in [3.63, 3.8) is 0 Å². The highest BCUT2D eigenvalue weighted by Crippen LogP contribution is 2.18. The Morgan fingerprint density at radius 1 is 1.38 bits per heavy atom. The van der Waals surface area contributed by atoms with Crippen molar-refractivity contribution in [2.75, 3.05) is 45.9 Å². The first kappa shape index (κ1) is 16.4. The molecule has 1 aromatic heterocycles. The molecule has 1 fully saturated rings. The van der Waals surface area contributed by atoms with Crippen LogP contribution in [-0.2, 0) is 4.74 Å². The molecule has 0 unspecified atom stereocenters. The van der Waals surface area contributed by atoms with Crippen LogP contribution in [0.15, 0.2) is 12.1 Å². The van der Waals surface area contributed by atoms with Gasteiger partial charge in [-0.3, -0.25) is 9.69 Å². The molecule has 0 bridgehead atoms. The Labute approximate surface area is 130 Å². The standard InChI is InChI=1S/C15H24N2O3S/c1-3-20-11-13(18)10-16-6-8-17(9-7-16)15(19)14-5-4-12(2)21-14/h4-5,13,18H,3,6-11H2,1-2H3/t13-/m0/s1. The van der Waals surface area contributed by atoms with Gasteiger partial charge >= 0.3 is 0 Å². The molecular formula is C15H24N2O3S. The largest absolute Gasteiger partial charge is 0.389 e. The lowest BCUT2D eigenvalue weighted by molar-refractivity contribution is 0.0112. The molecule has 2 heterocycles. The van der Waals surface area contributed by atoms with Gasteiger partial charge in [0.15, 0.2) is 0 Å². The number of aliphatic hydroxyl groups excluding tert-OH is 1. The third kappa shape index (κ3) is 4.78.